The Morgan fingerprint density at radius 2 is 2.28 bits per heavy atom. The van der Waals surface area contributed by atoms with Crippen LogP contribution in [0.25, 0.3) is 0 Å². The van der Waals surface area contributed by atoms with E-state index in [1.165, 1.54) is 0 Å². The molecule has 1 saturated carbocycles. The van der Waals surface area contributed by atoms with Crippen molar-refractivity contribution in [1.29, 1.82) is 0 Å². The quantitative estimate of drug-likeness (QED) is 0.662. The normalized spacial score (nSPS) is 23.8. The number of amides is 1. The zero-order valence-electron chi connectivity index (χ0n) is 10.4. The highest BCUT2D eigenvalue weighted by molar-refractivity contribution is 5.92. The first-order chi connectivity index (χ1) is 8.75. The van der Waals surface area contributed by atoms with E-state index >= 15 is 0 Å². The lowest BCUT2D eigenvalue weighted by Crippen LogP contribution is -2.33. The summed E-state index contributed by atoms with van der Waals surface area (Å²) in [6, 6.07) is 1.98. The van der Waals surface area contributed by atoms with Gasteiger partial charge in [-0.25, -0.2) is 0 Å². The molecule has 1 aliphatic carbocycles. The van der Waals surface area contributed by atoms with Gasteiger partial charge >= 0.3 is 0 Å². The molecule has 100 valence electrons. The van der Waals surface area contributed by atoms with Crippen LogP contribution in [0.15, 0.2) is 12.3 Å². The van der Waals surface area contributed by atoms with E-state index in [0.29, 0.717) is 31.0 Å². The summed E-state index contributed by atoms with van der Waals surface area (Å²) in [7, 11) is 0. The van der Waals surface area contributed by atoms with Crippen molar-refractivity contribution < 1.29 is 9.53 Å². The number of aromatic amines is 1. The number of H-pyrrole nitrogens is 1. The summed E-state index contributed by atoms with van der Waals surface area (Å²) in [5.41, 5.74) is 6.29. The minimum Gasteiger partial charge on any atom is -0.376 e. The number of nitrogens with one attached hydrogen (secondary N) is 2. The highest BCUT2D eigenvalue weighted by Crippen LogP contribution is 2.19. The van der Waals surface area contributed by atoms with Crippen molar-refractivity contribution >= 4 is 5.91 Å². The lowest BCUT2D eigenvalue weighted by Gasteiger charge is -2.26. The largest absolute Gasteiger partial charge is 0.376 e. The second-order valence-electron chi connectivity index (χ2n) is 4.63. The van der Waals surface area contributed by atoms with Gasteiger partial charge in [0.1, 0.15) is 5.69 Å². The molecular formula is C12H20N4O2. The zero-order valence-corrected chi connectivity index (χ0v) is 10.4. The van der Waals surface area contributed by atoms with Crippen LogP contribution in [0.1, 0.15) is 36.2 Å². The number of hydrogen-bond acceptors (Lipinski definition) is 4. The number of nitrogens with zero attached hydrogens (tertiary/aromatic N) is 1. The van der Waals surface area contributed by atoms with Crippen molar-refractivity contribution in [3.05, 3.63) is 18.0 Å². The summed E-state index contributed by atoms with van der Waals surface area (Å²) in [5.74, 6) is -0.151. The molecule has 1 aliphatic rings. The van der Waals surface area contributed by atoms with Gasteiger partial charge < -0.3 is 15.8 Å². The van der Waals surface area contributed by atoms with Crippen molar-refractivity contribution in [3.63, 3.8) is 0 Å². The maximum Gasteiger partial charge on any atom is 0.269 e. The number of aromatic nitrogens is 2. The lowest BCUT2D eigenvalue weighted by atomic mass is 9.94. The average Bonchev–Trinajstić information content (AvgIpc) is 2.90. The van der Waals surface area contributed by atoms with E-state index in [0.717, 1.165) is 25.7 Å². The Labute approximate surface area is 106 Å². The van der Waals surface area contributed by atoms with Crippen LogP contribution in [-0.4, -0.2) is 41.4 Å². The predicted molar refractivity (Wildman–Crippen MR) is 67.1 cm³/mol. The van der Waals surface area contributed by atoms with Crippen LogP contribution in [0.4, 0.5) is 0 Å². The lowest BCUT2D eigenvalue weighted by molar-refractivity contribution is 0.0267. The summed E-state index contributed by atoms with van der Waals surface area (Å²) < 4.78 is 5.70. The molecule has 0 aromatic carbocycles. The summed E-state index contributed by atoms with van der Waals surface area (Å²) in [5, 5.41) is 9.11. The molecule has 0 saturated heterocycles. The number of rotatable bonds is 5. The van der Waals surface area contributed by atoms with Crippen LogP contribution in [0.5, 0.6) is 0 Å². The summed E-state index contributed by atoms with van der Waals surface area (Å²) >= 11 is 0. The van der Waals surface area contributed by atoms with E-state index in [4.69, 9.17) is 10.5 Å². The van der Waals surface area contributed by atoms with Gasteiger partial charge in [-0.2, -0.15) is 5.10 Å². The maximum atomic E-state index is 11.5. The van der Waals surface area contributed by atoms with Crippen molar-refractivity contribution in [3.8, 4) is 0 Å². The number of hydrogen-bond donors (Lipinski definition) is 3. The third kappa shape index (κ3) is 3.82. The first kappa shape index (κ1) is 13.0. The van der Waals surface area contributed by atoms with Gasteiger partial charge in [0.15, 0.2) is 0 Å². The standard InChI is InChI=1S/C12H20N4O2/c13-9-1-3-10(4-2-9)18-8-7-14-12(17)11-5-6-15-16-11/h5-6,9-10H,1-4,7-8,13H2,(H,14,17)(H,15,16). The Bertz CT molecular complexity index is 358. The van der Waals surface area contributed by atoms with E-state index in [9.17, 15) is 4.79 Å². The molecule has 0 spiro atoms. The van der Waals surface area contributed by atoms with Crippen LogP contribution < -0.4 is 11.1 Å². The maximum absolute atomic E-state index is 11.5. The molecule has 18 heavy (non-hydrogen) atoms. The van der Waals surface area contributed by atoms with Crippen molar-refractivity contribution in [2.75, 3.05) is 13.2 Å². The number of carbonyl (C=O) groups is 1. The van der Waals surface area contributed by atoms with Crippen molar-refractivity contribution in [2.45, 2.75) is 37.8 Å². The van der Waals surface area contributed by atoms with E-state index in [1.54, 1.807) is 12.3 Å². The van der Waals surface area contributed by atoms with Gasteiger partial charge in [0.05, 0.1) is 12.7 Å². The molecule has 1 amide bonds. The molecule has 1 heterocycles. The van der Waals surface area contributed by atoms with Crippen LogP contribution in [0, 0.1) is 0 Å². The summed E-state index contributed by atoms with van der Waals surface area (Å²) in [6.45, 7) is 1.06. The number of ether oxygens (including phenoxy) is 1. The van der Waals surface area contributed by atoms with E-state index in [1.807, 2.05) is 0 Å². The highest BCUT2D eigenvalue weighted by atomic mass is 16.5. The molecule has 4 N–H and O–H groups in total. The molecule has 0 atom stereocenters. The molecule has 6 heteroatoms. The van der Waals surface area contributed by atoms with Gasteiger partial charge in [-0.1, -0.05) is 0 Å². The average molecular weight is 252 g/mol. The van der Waals surface area contributed by atoms with E-state index in [2.05, 4.69) is 15.5 Å². The number of nitrogens with two attached hydrogens (primary N) is 1. The SMILES string of the molecule is NC1CCC(OCCNC(=O)c2ccn[nH]2)CC1. The number of carbonyl (C=O) groups excluding carboxylic acids is 1. The third-order valence-electron chi connectivity index (χ3n) is 3.21. The van der Waals surface area contributed by atoms with Crippen molar-refractivity contribution in [1.82, 2.24) is 15.5 Å². The Morgan fingerprint density at radius 3 is 2.94 bits per heavy atom. The van der Waals surface area contributed by atoms with Crippen molar-refractivity contribution in [2.24, 2.45) is 5.73 Å². The molecule has 0 radical (unpaired) electrons. The monoisotopic (exact) mass is 252 g/mol. The smallest absolute Gasteiger partial charge is 0.269 e. The minimum absolute atomic E-state index is 0.151. The Kier molecular flexibility index (Phi) is 4.72. The second kappa shape index (κ2) is 6.51. The zero-order chi connectivity index (χ0) is 12.8. The minimum atomic E-state index is -0.151. The first-order valence-corrected chi connectivity index (χ1v) is 6.40. The predicted octanol–water partition coefficient (Wildman–Crippen LogP) is 0.426. The topological polar surface area (TPSA) is 93.0 Å². The molecule has 1 fully saturated rings. The summed E-state index contributed by atoms with van der Waals surface area (Å²) in [6.07, 6.45) is 5.96. The molecule has 6 nitrogen and oxygen atoms in total. The first-order valence-electron chi connectivity index (χ1n) is 6.40. The highest BCUT2D eigenvalue weighted by Gasteiger charge is 2.18. The van der Waals surface area contributed by atoms with Gasteiger partial charge in [0, 0.05) is 18.8 Å². The molecular weight excluding hydrogens is 232 g/mol. The van der Waals surface area contributed by atoms with Gasteiger partial charge in [0.25, 0.3) is 5.91 Å². The fourth-order valence-electron chi connectivity index (χ4n) is 2.12. The van der Waals surface area contributed by atoms with E-state index in [-0.39, 0.29) is 5.91 Å². The molecule has 2 rings (SSSR count). The Hall–Kier alpha value is -1.40. The van der Waals surface area contributed by atoms with Gasteiger partial charge in [0.2, 0.25) is 0 Å². The summed E-state index contributed by atoms with van der Waals surface area (Å²) in [4.78, 5) is 11.5. The molecule has 0 unspecified atom stereocenters. The third-order valence-corrected chi connectivity index (χ3v) is 3.21. The fraction of sp³-hybridized carbons (Fsp3) is 0.667. The van der Waals surface area contributed by atoms with Crippen LogP contribution >= 0.6 is 0 Å². The van der Waals surface area contributed by atoms with Gasteiger partial charge in [-0.15, -0.1) is 0 Å². The Balaban J connectivity index is 1.57. The molecule has 0 aliphatic heterocycles. The van der Waals surface area contributed by atoms with Crippen LogP contribution in [0.2, 0.25) is 0 Å². The fourth-order valence-corrected chi connectivity index (χ4v) is 2.12. The Morgan fingerprint density at radius 1 is 1.50 bits per heavy atom. The van der Waals surface area contributed by atoms with Crippen LogP contribution in [-0.2, 0) is 4.74 Å². The molecule has 1 aromatic rings. The van der Waals surface area contributed by atoms with E-state index < -0.39 is 0 Å². The molecule has 0 bridgehead atoms. The van der Waals surface area contributed by atoms with Gasteiger partial charge in [-0.3, -0.25) is 9.89 Å². The second-order valence-corrected chi connectivity index (χ2v) is 4.63. The van der Waals surface area contributed by atoms with Gasteiger partial charge in [-0.05, 0) is 31.7 Å². The molecule has 1 aromatic heterocycles. The van der Waals surface area contributed by atoms with Crippen LogP contribution in [0.3, 0.4) is 0 Å².